The van der Waals surface area contributed by atoms with Crippen LogP contribution in [0.25, 0.3) is 11.1 Å². The van der Waals surface area contributed by atoms with Crippen molar-refractivity contribution in [1.29, 1.82) is 0 Å². The summed E-state index contributed by atoms with van der Waals surface area (Å²) in [6.07, 6.45) is 0.360. The molecular weight excluding hydrogens is 276 g/mol. The molecule has 4 N–H and O–H groups in total. The lowest BCUT2D eigenvalue weighted by Crippen LogP contribution is -2.37. The van der Waals surface area contributed by atoms with Gasteiger partial charge in [0.1, 0.15) is 0 Å². The molecule has 1 amide bonds. The Bertz CT molecular complexity index is 735. The van der Waals surface area contributed by atoms with Crippen LogP contribution in [0.4, 0.5) is 16.2 Å². The number of amides is 1. The van der Waals surface area contributed by atoms with Crippen molar-refractivity contribution in [2.75, 3.05) is 30.8 Å². The molecule has 0 saturated carbocycles. The predicted molar refractivity (Wildman–Crippen MR) is 77.4 cm³/mol. The number of rotatable bonds is 2. The number of fused-ring (bicyclic) bond motifs is 1. The van der Waals surface area contributed by atoms with Crippen LogP contribution in [-0.4, -0.2) is 37.3 Å². The SMILES string of the molecule is COC(=O)NC1CCN(c2cc3[nH]c(=O)oc3cc2N)C1. The molecule has 21 heavy (non-hydrogen) atoms. The molecule has 0 bridgehead atoms. The lowest BCUT2D eigenvalue weighted by molar-refractivity contribution is 0.167. The number of aromatic nitrogens is 1. The molecule has 1 fully saturated rings. The quantitative estimate of drug-likeness (QED) is 0.700. The summed E-state index contributed by atoms with van der Waals surface area (Å²) in [7, 11) is 1.34. The molecule has 112 valence electrons. The van der Waals surface area contributed by atoms with Crippen molar-refractivity contribution in [2.24, 2.45) is 0 Å². The van der Waals surface area contributed by atoms with Crippen LogP contribution in [0.3, 0.4) is 0 Å². The van der Waals surface area contributed by atoms with E-state index in [1.165, 1.54) is 7.11 Å². The van der Waals surface area contributed by atoms with Crippen LogP contribution in [0.1, 0.15) is 6.42 Å². The number of anilines is 2. The van der Waals surface area contributed by atoms with E-state index in [0.29, 0.717) is 23.3 Å². The van der Waals surface area contributed by atoms with Gasteiger partial charge in [0.15, 0.2) is 5.58 Å². The van der Waals surface area contributed by atoms with Crippen molar-refractivity contribution >= 4 is 28.6 Å². The number of methoxy groups -OCH3 is 1. The van der Waals surface area contributed by atoms with Crippen molar-refractivity contribution in [3.8, 4) is 0 Å². The lowest BCUT2D eigenvalue weighted by atomic mass is 10.2. The van der Waals surface area contributed by atoms with Crippen molar-refractivity contribution in [2.45, 2.75) is 12.5 Å². The van der Waals surface area contributed by atoms with Gasteiger partial charge in [-0.1, -0.05) is 0 Å². The fourth-order valence-corrected chi connectivity index (χ4v) is 2.60. The average molecular weight is 292 g/mol. The Kier molecular flexibility index (Phi) is 3.20. The van der Waals surface area contributed by atoms with Gasteiger partial charge in [-0.3, -0.25) is 4.98 Å². The van der Waals surface area contributed by atoms with Crippen LogP contribution in [-0.2, 0) is 4.74 Å². The van der Waals surface area contributed by atoms with Gasteiger partial charge in [0.25, 0.3) is 0 Å². The number of hydrogen-bond donors (Lipinski definition) is 3. The number of nitrogens with two attached hydrogens (primary N) is 1. The van der Waals surface area contributed by atoms with Gasteiger partial charge in [0.05, 0.1) is 30.0 Å². The number of benzene rings is 1. The topological polar surface area (TPSA) is 114 Å². The van der Waals surface area contributed by atoms with E-state index in [-0.39, 0.29) is 6.04 Å². The van der Waals surface area contributed by atoms with Gasteiger partial charge in [-0.2, -0.15) is 0 Å². The highest BCUT2D eigenvalue weighted by molar-refractivity contribution is 5.85. The number of oxazole rings is 1. The zero-order valence-electron chi connectivity index (χ0n) is 11.5. The minimum absolute atomic E-state index is 0.0101. The molecule has 0 radical (unpaired) electrons. The molecule has 0 spiro atoms. The number of hydrogen-bond acceptors (Lipinski definition) is 6. The summed E-state index contributed by atoms with van der Waals surface area (Å²) in [6.45, 7) is 1.39. The molecule has 1 aromatic heterocycles. The first-order valence-corrected chi connectivity index (χ1v) is 6.58. The third-order valence-electron chi connectivity index (χ3n) is 3.60. The number of nitrogens with zero attached hydrogens (tertiary/aromatic N) is 1. The van der Waals surface area contributed by atoms with Crippen molar-refractivity contribution in [3.05, 3.63) is 22.7 Å². The Morgan fingerprint density at radius 3 is 3.14 bits per heavy atom. The Hall–Kier alpha value is -2.64. The van der Waals surface area contributed by atoms with Crippen LogP contribution < -0.4 is 21.7 Å². The third-order valence-corrected chi connectivity index (χ3v) is 3.60. The second kappa shape index (κ2) is 5.04. The molecule has 1 atom stereocenters. The Morgan fingerprint density at radius 1 is 1.57 bits per heavy atom. The van der Waals surface area contributed by atoms with E-state index >= 15 is 0 Å². The first kappa shape index (κ1) is 13.3. The first-order valence-electron chi connectivity index (χ1n) is 6.58. The molecule has 2 aromatic rings. The van der Waals surface area contributed by atoms with E-state index < -0.39 is 11.8 Å². The Labute approximate surface area is 119 Å². The predicted octanol–water partition coefficient (Wildman–Crippen LogP) is 0.638. The molecule has 8 nitrogen and oxygen atoms in total. The monoisotopic (exact) mass is 292 g/mol. The highest BCUT2D eigenvalue weighted by atomic mass is 16.5. The normalized spacial score (nSPS) is 18.1. The first-order chi connectivity index (χ1) is 10.1. The van der Waals surface area contributed by atoms with E-state index in [2.05, 4.69) is 19.9 Å². The van der Waals surface area contributed by atoms with Gasteiger partial charge in [0.2, 0.25) is 0 Å². The second-order valence-electron chi connectivity index (χ2n) is 4.99. The van der Waals surface area contributed by atoms with Crippen LogP contribution >= 0.6 is 0 Å². The highest BCUT2D eigenvalue weighted by Crippen LogP contribution is 2.30. The number of H-pyrrole nitrogens is 1. The Balaban J connectivity index is 1.82. The zero-order valence-corrected chi connectivity index (χ0v) is 11.5. The summed E-state index contributed by atoms with van der Waals surface area (Å²) in [5, 5.41) is 2.77. The van der Waals surface area contributed by atoms with Gasteiger partial charge in [-0.15, -0.1) is 0 Å². The maximum Gasteiger partial charge on any atom is 0.417 e. The standard InChI is InChI=1S/C13H16N4O4/c1-20-12(18)15-7-2-3-17(6-7)10-5-9-11(4-8(10)14)21-13(19)16-9/h4-5,7H,2-3,6,14H2,1H3,(H,15,18)(H,16,19). The van der Waals surface area contributed by atoms with Crippen LogP contribution in [0.15, 0.2) is 21.3 Å². The molecule has 2 heterocycles. The van der Waals surface area contributed by atoms with Crippen molar-refractivity contribution < 1.29 is 13.9 Å². The number of aromatic amines is 1. The fraction of sp³-hybridized carbons (Fsp3) is 0.385. The number of carbonyl (C=O) groups is 1. The fourth-order valence-electron chi connectivity index (χ4n) is 2.60. The Morgan fingerprint density at radius 2 is 2.38 bits per heavy atom. The maximum atomic E-state index is 11.2. The molecule has 1 unspecified atom stereocenters. The second-order valence-corrected chi connectivity index (χ2v) is 4.99. The largest absolute Gasteiger partial charge is 0.453 e. The minimum Gasteiger partial charge on any atom is -0.453 e. The van der Waals surface area contributed by atoms with Gasteiger partial charge < -0.3 is 25.1 Å². The molecule has 0 aliphatic carbocycles. The van der Waals surface area contributed by atoms with Gasteiger partial charge in [-0.25, -0.2) is 9.59 Å². The minimum atomic E-state index is -0.506. The van der Waals surface area contributed by atoms with Gasteiger partial charge in [-0.05, 0) is 12.5 Å². The van der Waals surface area contributed by atoms with Crippen LogP contribution in [0.2, 0.25) is 0 Å². The maximum absolute atomic E-state index is 11.2. The van der Waals surface area contributed by atoms with E-state index in [9.17, 15) is 9.59 Å². The number of nitrogen functional groups attached to an aromatic ring is 1. The summed E-state index contributed by atoms with van der Waals surface area (Å²) in [5.41, 5.74) is 8.40. The van der Waals surface area contributed by atoms with Crippen molar-refractivity contribution in [3.63, 3.8) is 0 Å². The van der Waals surface area contributed by atoms with E-state index in [1.807, 2.05) is 0 Å². The molecule has 1 aliphatic heterocycles. The van der Waals surface area contributed by atoms with E-state index in [1.54, 1.807) is 12.1 Å². The summed E-state index contributed by atoms with van der Waals surface area (Å²) in [5.74, 6) is -0.506. The third kappa shape index (κ3) is 2.51. The average Bonchev–Trinajstić information content (AvgIpc) is 3.03. The van der Waals surface area contributed by atoms with Crippen LogP contribution in [0, 0.1) is 0 Å². The summed E-state index contributed by atoms with van der Waals surface area (Å²) in [6, 6.07) is 3.43. The van der Waals surface area contributed by atoms with E-state index in [4.69, 9.17) is 10.2 Å². The lowest BCUT2D eigenvalue weighted by Gasteiger charge is -2.20. The van der Waals surface area contributed by atoms with Crippen molar-refractivity contribution in [1.82, 2.24) is 10.3 Å². The number of ether oxygens (including phenoxy) is 1. The highest BCUT2D eigenvalue weighted by Gasteiger charge is 2.26. The summed E-state index contributed by atoms with van der Waals surface area (Å²) >= 11 is 0. The number of carbonyl (C=O) groups excluding carboxylic acids is 1. The summed E-state index contributed by atoms with van der Waals surface area (Å²) < 4.78 is 9.56. The molecule has 1 aliphatic rings. The van der Waals surface area contributed by atoms with E-state index in [0.717, 1.165) is 18.7 Å². The summed E-state index contributed by atoms with van der Waals surface area (Å²) in [4.78, 5) is 27.1. The van der Waals surface area contributed by atoms with Crippen LogP contribution in [0.5, 0.6) is 0 Å². The number of nitrogens with one attached hydrogen (secondary N) is 2. The molecule has 8 heteroatoms. The van der Waals surface area contributed by atoms with Gasteiger partial charge in [0, 0.05) is 19.2 Å². The molecular formula is C13H16N4O4. The molecule has 1 saturated heterocycles. The number of alkyl carbamates (subject to hydrolysis) is 1. The molecule has 1 aromatic carbocycles. The smallest absolute Gasteiger partial charge is 0.417 e. The zero-order chi connectivity index (χ0) is 15.0. The molecule has 3 rings (SSSR count). The van der Waals surface area contributed by atoms with Gasteiger partial charge >= 0.3 is 11.8 Å².